The predicted molar refractivity (Wildman–Crippen MR) is 120 cm³/mol. The molecule has 0 spiro atoms. The van der Waals surface area contributed by atoms with E-state index in [1.165, 1.54) is 32.7 Å². The first-order valence-electron chi connectivity index (χ1n) is 9.47. The van der Waals surface area contributed by atoms with Crippen LogP contribution in [-0.2, 0) is 20.6 Å². The Labute approximate surface area is 191 Å². The summed E-state index contributed by atoms with van der Waals surface area (Å²) in [5.41, 5.74) is 0. The van der Waals surface area contributed by atoms with Crippen molar-refractivity contribution >= 4 is 55.5 Å². The number of anilines is 1. The van der Waals surface area contributed by atoms with Crippen LogP contribution < -0.4 is 5.32 Å². The summed E-state index contributed by atoms with van der Waals surface area (Å²) in [5.74, 6) is -0.473. The van der Waals surface area contributed by atoms with Gasteiger partial charge in [0.05, 0.1) is 10.8 Å². The Balaban J connectivity index is 1.36. The number of aromatic nitrogens is 2. The van der Waals surface area contributed by atoms with E-state index in [1.54, 1.807) is 23.1 Å². The molecule has 1 fully saturated rings. The topological polar surface area (TPSA) is 92.3 Å². The molecule has 0 radical (unpaired) electrons. The van der Waals surface area contributed by atoms with Gasteiger partial charge in [0.1, 0.15) is 5.82 Å². The van der Waals surface area contributed by atoms with Crippen LogP contribution >= 0.6 is 34.4 Å². The Hall–Kier alpha value is -1.86. The number of amides is 1. The summed E-state index contributed by atoms with van der Waals surface area (Å²) >= 11 is 4.52. The molecule has 4 rings (SSSR count). The largest absolute Gasteiger partial charge is 0.300 e. The highest BCUT2D eigenvalue weighted by molar-refractivity contribution is 8.00. The van der Waals surface area contributed by atoms with Gasteiger partial charge in [-0.1, -0.05) is 29.2 Å². The quantitative estimate of drug-likeness (QED) is 0.390. The first-order chi connectivity index (χ1) is 14.9. The number of halogens is 1. The number of carbonyl (C=O) groups is 1. The molecule has 3 aromatic rings. The van der Waals surface area contributed by atoms with Crippen molar-refractivity contribution in [2.24, 2.45) is 5.92 Å². The number of nitrogens with zero attached hydrogens (tertiary/aromatic N) is 3. The molecule has 1 unspecified atom stereocenters. The number of rotatable bonds is 7. The van der Waals surface area contributed by atoms with E-state index in [-0.39, 0.29) is 17.3 Å². The van der Waals surface area contributed by atoms with Crippen LogP contribution in [0.3, 0.4) is 0 Å². The Kier molecular flexibility index (Phi) is 7.02. The number of sulfonamides is 1. The fourth-order valence-corrected chi connectivity index (χ4v) is 7.24. The van der Waals surface area contributed by atoms with Crippen molar-refractivity contribution in [1.29, 1.82) is 0 Å². The van der Waals surface area contributed by atoms with E-state index in [0.29, 0.717) is 24.5 Å². The molecule has 7 nitrogen and oxygen atoms in total. The van der Waals surface area contributed by atoms with Gasteiger partial charge in [-0.15, -0.1) is 21.5 Å². The van der Waals surface area contributed by atoms with Gasteiger partial charge in [0, 0.05) is 23.7 Å². The molecule has 0 bridgehead atoms. The zero-order chi connectivity index (χ0) is 21.8. The Morgan fingerprint density at radius 3 is 2.81 bits per heavy atom. The first-order valence-corrected chi connectivity index (χ1v) is 13.6. The standard InChI is InChI=1S/C19H19FN4O3S4/c20-14-5-7-16(8-6-14)31(26,27)24-9-1-3-13(11-24)17(25)21-18-22-23-19(30-18)29-12-15-4-2-10-28-15/h2,4-8,10,13H,1,3,9,11-12H2,(H,21,22,25). The summed E-state index contributed by atoms with van der Waals surface area (Å²) in [7, 11) is -3.78. The van der Waals surface area contributed by atoms with Crippen LogP contribution in [-0.4, -0.2) is 41.9 Å². The average molecular weight is 499 g/mol. The number of hydrogen-bond acceptors (Lipinski definition) is 8. The summed E-state index contributed by atoms with van der Waals surface area (Å²) in [6.07, 6.45) is 1.15. The van der Waals surface area contributed by atoms with Gasteiger partial charge < -0.3 is 5.32 Å². The molecule has 1 aliphatic heterocycles. The number of thiophene rings is 1. The van der Waals surface area contributed by atoms with E-state index < -0.39 is 21.8 Å². The van der Waals surface area contributed by atoms with Gasteiger partial charge in [-0.05, 0) is 48.6 Å². The van der Waals surface area contributed by atoms with Crippen molar-refractivity contribution in [1.82, 2.24) is 14.5 Å². The van der Waals surface area contributed by atoms with Crippen LogP contribution in [0.5, 0.6) is 0 Å². The van der Waals surface area contributed by atoms with Gasteiger partial charge in [-0.25, -0.2) is 12.8 Å². The summed E-state index contributed by atoms with van der Waals surface area (Å²) in [6.45, 7) is 0.399. The van der Waals surface area contributed by atoms with Crippen LogP contribution in [0.4, 0.5) is 9.52 Å². The summed E-state index contributed by atoms with van der Waals surface area (Å²) in [4.78, 5) is 14.0. The van der Waals surface area contributed by atoms with Crippen molar-refractivity contribution in [3.8, 4) is 0 Å². The van der Waals surface area contributed by atoms with Crippen molar-refractivity contribution in [3.63, 3.8) is 0 Å². The lowest BCUT2D eigenvalue weighted by Crippen LogP contribution is -2.43. The van der Waals surface area contributed by atoms with Crippen LogP contribution in [0.25, 0.3) is 0 Å². The molecule has 12 heteroatoms. The zero-order valence-electron chi connectivity index (χ0n) is 16.2. The maximum absolute atomic E-state index is 13.1. The molecule has 0 aliphatic carbocycles. The fourth-order valence-electron chi connectivity index (χ4n) is 3.18. The summed E-state index contributed by atoms with van der Waals surface area (Å²) < 4.78 is 40.9. The Morgan fingerprint density at radius 1 is 1.26 bits per heavy atom. The zero-order valence-corrected chi connectivity index (χ0v) is 19.5. The van der Waals surface area contributed by atoms with Crippen molar-refractivity contribution < 1.29 is 17.6 Å². The number of carbonyl (C=O) groups excluding carboxylic acids is 1. The van der Waals surface area contributed by atoms with Gasteiger partial charge in [-0.3, -0.25) is 4.79 Å². The average Bonchev–Trinajstić information content (AvgIpc) is 3.44. The van der Waals surface area contributed by atoms with E-state index in [2.05, 4.69) is 21.6 Å². The van der Waals surface area contributed by atoms with Gasteiger partial charge in [0.15, 0.2) is 4.34 Å². The number of hydrogen-bond donors (Lipinski definition) is 1. The van der Waals surface area contributed by atoms with Crippen molar-refractivity contribution in [3.05, 3.63) is 52.5 Å². The minimum absolute atomic E-state index is 0.0199. The van der Waals surface area contributed by atoms with Gasteiger partial charge in [0.2, 0.25) is 21.1 Å². The third-order valence-electron chi connectivity index (χ3n) is 4.76. The summed E-state index contributed by atoms with van der Waals surface area (Å²) in [5, 5.41) is 13.3. The third-order valence-corrected chi connectivity index (χ3v) is 9.72. The van der Waals surface area contributed by atoms with Gasteiger partial charge in [0.25, 0.3) is 0 Å². The second kappa shape index (κ2) is 9.74. The van der Waals surface area contributed by atoms with E-state index >= 15 is 0 Å². The molecule has 1 aromatic carbocycles. The minimum Gasteiger partial charge on any atom is -0.300 e. The van der Waals surface area contributed by atoms with E-state index in [1.807, 2.05) is 11.4 Å². The highest BCUT2D eigenvalue weighted by Gasteiger charge is 2.33. The molecule has 2 aromatic heterocycles. The smallest absolute Gasteiger partial charge is 0.243 e. The lowest BCUT2D eigenvalue weighted by molar-refractivity contribution is -0.120. The molecule has 3 heterocycles. The Bertz CT molecular complexity index is 1130. The van der Waals surface area contributed by atoms with E-state index in [9.17, 15) is 17.6 Å². The molecule has 1 N–H and O–H groups in total. The monoisotopic (exact) mass is 498 g/mol. The number of nitrogens with one attached hydrogen (secondary N) is 1. The first kappa shape index (κ1) is 22.3. The van der Waals surface area contributed by atoms with Crippen LogP contribution in [0.1, 0.15) is 17.7 Å². The molecule has 164 valence electrons. The van der Waals surface area contributed by atoms with Gasteiger partial charge >= 0.3 is 0 Å². The highest BCUT2D eigenvalue weighted by atomic mass is 32.2. The lowest BCUT2D eigenvalue weighted by Gasteiger charge is -2.31. The predicted octanol–water partition coefficient (Wildman–Crippen LogP) is 4.07. The van der Waals surface area contributed by atoms with E-state index in [0.717, 1.165) is 22.2 Å². The van der Waals surface area contributed by atoms with E-state index in [4.69, 9.17) is 0 Å². The van der Waals surface area contributed by atoms with Crippen LogP contribution in [0.2, 0.25) is 0 Å². The fraction of sp³-hybridized carbons (Fsp3) is 0.316. The van der Waals surface area contributed by atoms with Gasteiger partial charge in [-0.2, -0.15) is 4.31 Å². The number of thioether (sulfide) groups is 1. The molecule has 1 saturated heterocycles. The number of piperidine rings is 1. The minimum atomic E-state index is -3.78. The molecule has 1 atom stereocenters. The SMILES string of the molecule is O=C(Nc1nnc(SCc2cccs2)s1)C1CCCN(S(=O)(=O)c2ccc(F)cc2)C1. The van der Waals surface area contributed by atoms with Crippen molar-refractivity contribution in [2.75, 3.05) is 18.4 Å². The Morgan fingerprint density at radius 2 is 2.06 bits per heavy atom. The molecular weight excluding hydrogens is 480 g/mol. The third kappa shape index (κ3) is 5.50. The number of benzene rings is 1. The maximum Gasteiger partial charge on any atom is 0.243 e. The second-order valence-corrected chi connectivity index (χ2v) is 12.1. The summed E-state index contributed by atoms with van der Waals surface area (Å²) in [6, 6.07) is 8.76. The molecule has 31 heavy (non-hydrogen) atoms. The molecule has 0 saturated carbocycles. The second-order valence-electron chi connectivity index (χ2n) is 6.89. The highest BCUT2D eigenvalue weighted by Crippen LogP contribution is 2.30. The maximum atomic E-state index is 13.1. The molecular formula is C19H19FN4O3S4. The van der Waals surface area contributed by atoms with Crippen LogP contribution in [0, 0.1) is 11.7 Å². The van der Waals surface area contributed by atoms with Crippen molar-refractivity contribution in [2.45, 2.75) is 27.8 Å². The lowest BCUT2D eigenvalue weighted by atomic mass is 9.99. The van der Waals surface area contributed by atoms with Crippen LogP contribution in [0.15, 0.2) is 51.0 Å². The normalized spacial score (nSPS) is 17.5. The molecule has 1 aliphatic rings. The molecule has 1 amide bonds.